The highest BCUT2D eigenvalue weighted by Crippen LogP contribution is 2.28. The van der Waals surface area contributed by atoms with Crippen LogP contribution in [0.15, 0.2) is 18.2 Å². The van der Waals surface area contributed by atoms with Gasteiger partial charge in [0.25, 0.3) is 0 Å². The number of ether oxygens (including phenoxy) is 1. The van der Waals surface area contributed by atoms with E-state index in [-0.39, 0.29) is 17.7 Å². The number of anilines is 1. The maximum absolute atomic E-state index is 11.8. The Morgan fingerprint density at radius 2 is 2.44 bits per heavy atom. The molecule has 1 aromatic rings. The Labute approximate surface area is 106 Å². The molecule has 0 saturated carbocycles. The van der Waals surface area contributed by atoms with Crippen molar-refractivity contribution in [3.8, 4) is 11.5 Å². The Hall–Kier alpha value is -1.75. The molecule has 1 saturated heterocycles. The average Bonchev–Trinajstić information content (AvgIpc) is 2.84. The number of amides is 1. The van der Waals surface area contributed by atoms with Crippen LogP contribution in [0.4, 0.5) is 5.69 Å². The number of benzene rings is 1. The quantitative estimate of drug-likeness (QED) is 0.708. The summed E-state index contributed by atoms with van der Waals surface area (Å²) in [6, 6.07) is 5.06. The predicted molar refractivity (Wildman–Crippen MR) is 68.9 cm³/mol. The summed E-state index contributed by atoms with van der Waals surface area (Å²) in [5, 5.41) is 15.7. The highest BCUT2D eigenvalue weighted by atomic mass is 16.5. The van der Waals surface area contributed by atoms with E-state index < -0.39 is 0 Å². The Balaban J connectivity index is 1.93. The molecule has 1 aliphatic rings. The number of aromatic hydroxyl groups is 1. The van der Waals surface area contributed by atoms with Gasteiger partial charge in [0.05, 0.1) is 12.8 Å². The van der Waals surface area contributed by atoms with E-state index in [0.29, 0.717) is 17.9 Å². The van der Waals surface area contributed by atoms with Crippen molar-refractivity contribution in [2.45, 2.75) is 25.3 Å². The van der Waals surface area contributed by atoms with Crippen molar-refractivity contribution in [1.29, 1.82) is 0 Å². The molecular weight excluding hydrogens is 232 g/mol. The van der Waals surface area contributed by atoms with Crippen LogP contribution in [0.5, 0.6) is 11.5 Å². The van der Waals surface area contributed by atoms with Crippen molar-refractivity contribution in [2.24, 2.45) is 0 Å². The van der Waals surface area contributed by atoms with Gasteiger partial charge in [0, 0.05) is 18.5 Å². The number of methoxy groups -OCH3 is 1. The highest BCUT2D eigenvalue weighted by molar-refractivity contribution is 5.92. The first-order valence-electron chi connectivity index (χ1n) is 6.09. The average molecular weight is 250 g/mol. The zero-order valence-electron chi connectivity index (χ0n) is 10.4. The minimum atomic E-state index is -0.0881. The zero-order valence-corrected chi connectivity index (χ0v) is 10.4. The van der Waals surface area contributed by atoms with Crippen LogP contribution >= 0.6 is 0 Å². The van der Waals surface area contributed by atoms with Gasteiger partial charge in [0.1, 0.15) is 11.5 Å². The lowest BCUT2D eigenvalue weighted by molar-refractivity contribution is -0.116. The number of hydrogen-bond acceptors (Lipinski definition) is 4. The van der Waals surface area contributed by atoms with E-state index in [2.05, 4.69) is 10.6 Å². The predicted octanol–water partition coefficient (Wildman–Crippen LogP) is 1.48. The Morgan fingerprint density at radius 1 is 1.61 bits per heavy atom. The number of carbonyl (C=O) groups excluding carboxylic acids is 1. The highest BCUT2D eigenvalue weighted by Gasteiger charge is 2.18. The smallest absolute Gasteiger partial charge is 0.226 e. The van der Waals surface area contributed by atoms with Gasteiger partial charge in [-0.05, 0) is 31.5 Å². The van der Waals surface area contributed by atoms with Gasteiger partial charge in [-0.15, -0.1) is 0 Å². The van der Waals surface area contributed by atoms with E-state index in [1.165, 1.54) is 13.2 Å². The van der Waals surface area contributed by atoms with Gasteiger partial charge in [-0.2, -0.15) is 0 Å². The normalized spacial score (nSPS) is 18.6. The molecular formula is C13H18N2O3. The van der Waals surface area contributed by atoms with Crippen LogP contribution in [0.3, 0.4) is 0 Å². The Bertz CT molecular complexity index is 428. The monoisotopic (exact) mass is 250 g/mol. The summed E-state index contributed by atoms with van der Waals surface area (Å²) in [4.78, 5) is 11.8. The Kier molecular flexibility index (Phi) is 4.04. The molecule has 0 aromatic heterocycles. The Morgan fingerprint density at radius 3 is 3.06 bits per heavy atom. The molecule has 0 aliphatic carbocycles. The van der Waals surface area contributed by atoms with Crippen LogP contribution in [0.1, 0.15) is 19.3 Å². The van der Waals surface area contributed by atoms with Gasteiger partial charge >= 0.3 is 0 Å². The van der Waals surface area contributed by atoms with Gasteiger partial charge in [-0.1, -0.05) is 0 Å². The second-order valence-electron chi connectivity index (χ2n) is 4.43. The summed E-state index contributed by atoms with van der Waals surface area (Å²) in [5.74, 6) is 0.486. The van der Waals surface area contributed by atoms with E-state index in [1.807, 2.05) is 0 Å². The van der Waals surface area contributed by atoms with Crippen LogP contribution in [0.2, 0.25) is 0 Å². The third-order valence-corrected chi connectivity index (χ3v) is 3.07. The van der Waals surface area contributed by atoms with E-state index >= 15 is 0 Å². The molecule has 1 heterocycles. The van der Waals surface area contributed by atoms with Crippen molar-refractivity contribution in [3.63, 3.8) is 0 Å². The fourth-order valence-electron chi connectivity index (χ4n) is 2.10. The topological polar surface area (TPSA) is 70.6 Å². The molecule has 98 valence electrons. The maximum atomic E-state index is 11.8. The van der Waals surface area contributed by atoms with Gasteiger partial charge in [-0.25, -0.2) is 0 Å². The number of carbonyl (C=O) groups is 1. The van der Waals surface area contributed by atoms with Crippen LogP contribution in [-0.2, 0) is 4.79 Å². The van der Waals surface area contributed by atoms with Crippen LogP contribution in [-0.4, -0.2) is 30.7 Å². The molecule has 1 atom stereocenters. The summed E-state index contributed by atoms with van der Waals surface area (Å²) in [5.41, 5.74) is 0.416. The first kappa shape index (κ1) is 12.7. The van der Waals surface area contributed by atoms with Crippen molar-refractivity contribution in [3.05, 3.63) is 18.2 Å². The van der Waals surface area contributed by atoms with Crippen molar-refractivity contribution in [1.82, 2.24) is 5.32 Å². The molecule has 1 amide bonds. The van der Waals surface area contributed by atoms with E-state index in [1.54, 1.807) is 12.1 Å². The summed E-state index contributed by atoms with van der Waals surface area (Å²) >= 11 is 0. The van der Waals surface area contributed by atoms with E-state index in [0.717, 1.165) is 19.4 Å². The second-order valence-corrected chi connectivity index (χ2v) is 4.43. The van der Waals surface area contributed by atoms with E-state index in [4.69, 9.17) is 4.74 Å². The lowest BCUT2D eigenvalue weighted by Crippen LogP contribution is -2.27. The first-order chi connectivity index (χ1) is 8.69. The zero-order chi connectivity index (χ0) is 13.0. The molecule has 0 spiro atoms. The number of phenolic OH excluding ortho intramolecular Hbond substituents is 1. The SMILES string of the molecule is COc1ccc(NC(=O)CC2CCCN2)c(O)c1. The van der Waals surface area contributed by atoms with Crippen molar-refractivity contribution < 1.29 is 14.6 Å². The van der Waals surface area contributed by atoms with Crippen LogP contribution in [0, 0.1) is 0 Å². The molecule has 3 N–H and O–H groups in total. The minimum Gasteiger partial charge on any atom is -0.506 e. The molecule has 2 rings (SSSR count). The maximum Gasteiger partial charge on any atom is 0.226 e. The molecule has 5 heteroatoms. The number of phenols is 1. The van der Waals surface area contributed by atoms with Crippen LogP contribution < -0.4 is 15.4 Å². The summed E-state index contributed by atoms with van der Waals surface area (Å²) in [6.07, 6.45) is 2.58. The second kappa shape index (κ2) is 5.73. The van der Waals surface area contributed by atoms with Gasteiger partial charge < -0.3 is 20.5 Å². The molecule has 0 radical (unpaired) electrons. The summed E-state index contributed by atoms with van der Waals surface area (Å²) in [7, 11) is 1.53. The number of nitrogens with one attached hydrogen (secondary N) is 2. The van der Waals surface area contributed by atoms with Crippen LogP contribution in [0.25, 0.3) is 0 Å². The summed E-state index contributed by atoms with van der Waals surface area (Å²) < 4.78 is 4.98. The third kappa shape index (κ3) is 3.13. The van der Waals surface area contributed by atoms with E-state index in [9.17, 15) is 9.90 Å². The summed E-state index contributed by atoms with van der Waals surface area (Å²) in [6.45, 7) is 0.978. The molecule has 1 unspecified atom stereocenters. The fourth-order valence-corrected chi connectivity index (χ4v) is 2.10. The number of hydrogen-bond donors (Lipinski definition) is 3. The molecule has 0 bridgehead atoms. The van der Waals surface area contributed by atoms with Crippen molar-refractivity contribution in [2.75, 3.05) is 19.0 Å². The minimum absolute atomic E-state index is 0.0158. The first-order valence-corrected chi connectivity index (χ1v) is 6.09. The molecule has 1 aliphatic heterocycles. The third-order valence-electron chi connectivity index (χ3n) is 3.07. The van der Waals surface area contributed by atoms with Gasteiger partial charge in [0.15, 0.2) is 0 Å². The van der Waals surface area contributed by atoms with Gasteiger partial charge in [-0.3, -0.25) is 4.79 Å². The molecule has 1 aromatic carbocycles. The standard InChI is InChI=1S/C13H18N2O3/c1-18-10-4-5-11(12(16)8-10)15-13(17)7-9-3-2-6-14-9/h4-5,8-9,14,16H,2-3,6-7H2,1H3,(H,15,17). The lowest BCUT2D eigenvalue weighted by atomic mass is 10.1. The molecule has 1 fully saturated rings. The van der Waals surface area contributed by atoms with Gasteiger partial charge in [0.2, 0.25) is 5.91 Å². The lowest BCUT2D eigenvalue weighted by Gasteiger charge is -2.12. The molecule has 18 heavy (non-hydrogen) atoms. The number of rotatable bonds is 4. The molecule has 5 nitrogen and oxygen atoms in total. The fraction of sp³-hybridized carbons (Fsp3) is 0.462. The largest absolute Gasteiger partial charge is 0.506 e. The van der Waals surface area contributed by atoms with Crippen molar-refractivity contribution >= 4 is 11.6 Å².